The Morgan fingerprint density at radius 1 is 1.22 bits per heavy atom. The monoisotopic (exact) mass is 486 g/mol. The minimum atomic E-state index is 0. The topological polar surface area (TPSA) is 91.0 Å². The van der Waals surface area contributed by atoms with E-state index in [9.17, 15) is 0 Å². The van der Waals surface area contributed by atoms with Gasteiger partial charge in [0.1, 0.15) is 11.5 Å². The number of halogens is 1. The highest BCUT2D eigenvalue weighted by Crippen LogP contribution is 2.23. The van der Waals surface area contributed by atoms with Crippen LogP contribution in [0.3, 0.4) is 0 Å². The summed E-state index contributed by atoms with van der Waals surface area (Å²) in [5.74, 6) is 2.33. The Morgan fingerprint density at radius 3 is 2.74 bits per heavy atom. The Labute approximate surface area is 177 Å². The van der Waals surface area contributed by atoms with Crippen molar-refractivity contribution in [2.75, 3.05) is 26.9 Å². The molecule has 0 atom stereocenters. The molecule has 0 saturated carbocycles. The van der Waals surface area contributed by atoms with Gasteiger partial charge in [-0.15, -0.1) is 24.0 Å². The quantitative estimate of drug-likeness (QED) is 0.232. The van der Waals surface area contributed by atoms with Gasteiger partial charge >= 0.3 is 0 Å². The third-order valence-electron chi connectivity index (χ3n) is 3.47. The molecule has 0 amide bonds. The smallest absolute Gasteiger partial charge is 0.219 e. The SMILES string of the molecule is CCOCCCNC(N)=NCc1ccc(Oc2cccc(OC)c2)nc1.I. The molecule has 0 aliphatic carbocycles. The summed E-state index contributed by atoms with van der Waals surface area (Å²) in [4.78, 5) is 8.59. The predicted octanol–water partition coefficient (Wildman–Crippen LogP) is 3.33. The van der Waals surface area contributed by atoms with Crippen molar-refractivity contribution in [1.82, 2.24) is 10.3 Å². The zero-order valence-corrected chi connectivity index (χ0v) is 18.0. The summed E-state index contributed by atoms with van der Waals surface area (Å²) < 4.78 is 16.1. The van der Waals surface area contributed by atoms with Gasteiger partial charge in [0, 0.05) is 38.1 Å². The largest absolute Gasteiger partial charge is 0.497 e. The minimum Gasteiger partial charge on any atom is -0.497 e. The number of ether oxygens (including phenoxy) is 3. The van der Waals surface area contributed by atoms with Gasteiger partial charge in [0.05, 0.1) is 13.7 Å². The van der Waals surface area contributed by atoms with Gasteiger partial charge in [-0.3, -0.25) is 0 Å². The first kappa shape index (κ1) is 23.0. The normalized spacial score (nSPS) is 10.8. The lowest BCUT2D eigenvalue weighted by atomic mass is 10.3. The van der Waals surface area contributed by atoms with Crippen molar-refractivity contribution in [2.45, 2.75) is 19.9 Å². The van der Waals surface area contributed by atoms with Crippen LogP contribution in [0.4, 0.5) is 0 Å². The van der Waals surface area contributed by atoms with E-state index in [4.69, 9.17) is 19.9 Å². The number of aliphatic imine (C=N–C) groups is 1. The number of guanidine groups is 1. The van der Waals surface area contributed by atoms with Gasteiger partial charge in [0.15, 0.2) is 5.96 Å². The van der Waals surface area contributed by atoms with Gasteiger partial charge in [-0.2, -0.15) is 0 Å². The summed E-state index contributed by atoms with van der Waals surface area (Å²) in [5.41, 5.74) is 6.78. The molecule has 0 fully saturated rings. The first-order valence-electron chi connectivity index (χ1n) is 8.59. The van der Waals surface area contributed by atoms with E-state index >= 15 is 0 Å². The summed E-state index contributed by atoms with van der Waals surface area (Å²) in [5, 5.41) is 3.06. The molecule has 2 aromatic rings. The van der Waals surface area contributed by atoms with Gasteiger partial charge in [0.2, 0.25) is 5.88 Å². The lowest BCUT2D eigenvalue weighted by molar-refractivity contribution is 0.145. The third kappa shape index (κ3) is 8.91. The third-order valence-corrected chi connectivity index (χ3v) is 3.47. The van der Waals surface area contributed by atoms with Gasteiger partial charge in [-0.25, -0.2) is 9.98 Å². The van der Waals surface area contributed by atoms with E-state index in [0.29, 0.717) is 24.1 Å². The van der Waals surface area contributed by atoms with Crippen molar-refractivity contribution in [2.24, 2.45) is 10.7 Å². The predicted molar refractivity (Wildman–Crippen MR) is 117 cm³/mol. The van der Waals surface area contributed by atoms with Crippen molar-refractivity contribution in [3.05, 3.63) is 48.2 Å². The lowest BCUT2D eigenvalue weighted by Crippen LogP contribution is -2.32. The number of nitrogens with zero attached hydrogens (tertiary/aromatic N) is 2. The molecule has 0 saturated heterocycles. The number of nitrogens with one attached hydrogen (secondary N) is 1. The standard InChI is InChI=1S/C19H26N4O3.HI/c1-3-25-11-5-10-21-19(20)23-14-15-8-9-18(22-13-15)26-17-7-4-6-16(12-17)24-2;/h4,6-9,12-13H,3,5,10-11,14H2,1-2H3,(H3,20,21,23);1H. The molecule has 148 valence electrons. The van der Waals surface area contributed by atoms with Crippen LogP contribution in [0.25, 0.3) is 0 Å². The molecule has 1 aromatic heterocycles. The fourth-order valence-electron chi connectivity index (χ4n) is 2.12. The van der Waals surface area contributed by atoms with Gasteiger partial charge in [-0.05, 0) is 31.0 Å². The second-order valence-electron chi connectivity index (χ2n) is 5.46. The number of pyridine rings is 1. The molecule has 0 aliphatic rings. The highest BCUT2D eigenvalue weighted by atomic mass is 127. The zero-order valence-electron chi connectivity index (χ0n) is 15.7. The highest BCUT2D eigenvalue weighted by Gasteiger charge is 2.01. The first-order chi connectivity index (χ1) is 12.7. The molecule has 1 aromatic carbocycles. The van der Waals surface area contributed by atoms with Crippen LogP contribution in [-0.2, 0) is 11.3 Å². The summed E-state index contributed by atoms with van der Waals surface area (Å²) in [6.45, 7) is 4.62. The van der Waals surface area contributed by atoms with Gasteiger partial charge in [-0.1, -0.05) is 12.1 Å². The molecule has 0 spiro atoms. The van der Waals surface area contributed by atoms with Gasteiger partial charge < -0.3 is 25.3 Å². The Kier molecular flexibility index (Phi) is 11.2. The summed E-state index contributed by atoms with van der Waals surface area (Å²) in [6, 6.07) is 11.1. The average molecular weight is 486 g/mol. The van der Waals surface area contributed by atoms with Crippen LogP contribution < -0.4 is 20.5 Å². The Bertz CT molecular complexity index is 696. The molecule has 7 nitrogen and oxygen atoms in total. The lowest BCUT2D eigenvalue weighted by Gasteiger charge is -2.07. The number of methoxy groups -OCH3 is 1. The second kappa shape index (κ2) is 13.2. The fourth-order valence-corrected chi connectivity index (χ4v) is 2.12. The summed E-state index contributed by atoms with van der Waals surface area (Å²) in [7, 11) is 1.62. The number of nitrogens with two attached hydrogens (primary N) is 1. The molecule has 0 aliphatic heterocycles. The number of benzene rings is 1. The molecule has 8 heteroatoms. The molecular formula is C19H27IN4O3. The van der Waals surface area contributed by atoms with Crippen LogP contribution in [0.1, 0.15) is 18.9 Å². The van der Waals surface area contributed by atoms with E-state index in [2.05, 4.69) is 15.3 Å². The van der Waals surface area contributed by atoms with Gasteiger partial charge in [0.25, 0.3) is 0 Å². The zero-order chi connectivity index (χ0) is 18.6. The molecule has 3 N–H and O–H groups in total. The van der Waals surface area contributed by atoms with E-state index in [1.54, 1.807) is 25.4 Å². The molecule has 0 unspecified atom stereocenters. The number of hydrogen-bond donors (Lipinski definition) is 2. The molecule has 2 rings (SSSR count). The van der Waals surface area contributed by atoms with Crippen LogP contribution in [0, 0.1) is 0 Å². The van der Waals surface area contributed by atoms with E-state index in [-0.39, 0.29) is 24.0 Å². The molecule has 1 heterocycles. The molecule has 27 heavy (non-hydrogen) atoms. The van der Waals surface area contributed by atoms with Crippen molar-refractivity contribution < 1.29 is 14.2 Å². The van der Waals surface area contributed by atoms with Crippen LogP contribution in [0.15, 0.2) is 47.6 Å². The Balaban J connectivity index is 0.00000364. The minimum absolute atomic E-state index is 0. The Morgan fingerprint density at radius 2 is 2.04 bits per heavy atom. The second-order valence-corrected chi connectivity index (χ2v) is 5.46. The van der Waals surface area contributed by atoms with Crippen LogP contribution >= 0.6 is 24.0 Å². The number of rotatable bonds is 10. The van der Waals surface area contributed by atoms with Crippen molar-refractivity contribution in [3.63, 3.8) is 0 Å². The number of aromatic nitrogens is 1. The maximum absolute atomic E-state index is 5.84. The van der Waals surface area contributed by atoms with Crippen molar-refractivity contribution >= 4 is 29.9 Å². The Hall–Kier alpha value is -2.07. The fraction of sp³-hybridized carbons (Fsp3) is 0.368. The molecule has 0 bridgehead atoms. The van der Waals surface area contributed by atoms with E-state index in [0.717, 1.165) is 37.5 Å². The van der Waals surface area contributed by atoms with E-state index < -0.39 is 0 Å². The summed E-state index contributed by atoms with van der Waals surface area (Å²) in [6.07, 6.45) is 2.61. The van der Waals surface area contributed by atoms with Crippen LogP contribution in [0.5, 0.6) is 17.4 Å². The molecular weight excluding hydrogens is 459 g/mol. The van der Waals surface area contributed by atoms with E-state index in [1.807, 2.05) is 31.2 Å². The van der Waals surface area contributed by atoms with Crippen LogP contribution in [-0.4, -0.2) is 37.8 Å². The maximum atomic E-state index is 5.84. The van der Waals surface area contributed by atoms with Crippen molar-refractivity contribution in [1.29, 1.82) is 0 Å². The summed E-state index contributed by atoms with van der Waals surface area (Å²) >= 11 is 0. The number of hydrogen-bond acceptors (Lipinski definition) is 5. The maximum Gasteiger partial charge on any atom is 0.219 e. The highest BCUT2D eigenvalue weighted by molar-refractivity contribution is 14.0. The van der Waals surface area contributed by atoms with Crippen molar-refractivity contribution in [3.8, 4) is 17.4 Å². The molecule has 0 radical (unpaired) electrons. The van der Waals surface area contributed by atoms with Crippen LogP contribution in [0.2, 0.25) is 0 Å². The first-order valence-corrected chi connectivity index (χ1v) is 8.59. The average Bonchev–Trinajstić information content (AvgIpc) is 2.67. The van der Waals surface area contributed by atoms with E-state index in [1.165, 1.54) is 0 Å².